The number of carbonyl (C=O) groups excluding carboxylic acids is 4. The summed E-state index contributed by atoms with van der Waals surface area (Å²) in [4.78, 5) is 68.2. The van der Waals surface area contributed by atoms with Crippen LogP contribution in [0.1, 0.15) is 89.3 Å². The topological polar surface area (TPSA) is 181 Å². The minimum atomic E-state index is -1.24. The highest BCUT2D eigenvalue weighted by atomic mass is 32.1. The maximum Gasteiger partial charge on any atom is 0.324 e. The van der Waals surface area contributed by atoms with Crippen molar-refractivity contribution < 1.29 is 33.4 Å². The Labute approximate surface area is 372 Å². The summed E-state index contributed by atoms with van der Waals surface area (Å²) in [6, 6.07) is 10.6. The van der Waals surface area contributed by atoms with E-state index < -0.39 is 53.2 Å². The fraction of sp³-hybridized carbons (Fsp3) is 0.553. The third-order valence-corrected chi connectivity index (χ3v) is 14.1. The Morgan fingerprint density at radius 3 is 2.70 bits per heavy atom. The molecule has 2 N–H and O–H groups in total. The van der Waals surface area contributed by atoms with E-state index in [-0.39, 0.29) is 43.6 Å². The summed E-state index contributed by atoms with van der Waals surface area (Å²) in [5, 5.41) is 17.3. The number of benzene rings is 1. The van der Waals surface area contributed by atoms with Crippen LogP contribution in [0.2, 0.25) is 0 Å². The maximum atomic E-state index is 14.8. The lowest BCUT2D eigenvalue weighted by Gasteiger charge is -2.37. The minimum absolute atomic E-state index is 0.124. The molecule has 63 heavy (non-hydrogen) atoms. The van der Waals surface area contributed by atoms with E-state index in [1.807, 2.05) is 32.2 Å². The van der Waals surface area contributed by atoms with Crippen molar-refractivity contribution in [3.63, 3.8) is 0 Å². The number of thiazole rings is 1. The van der Waals surface area contributed by atoms with Crippen molar-refractivity contribution in [1.29, 1.82) is 5.26 Å². The molecule has 2 saturated heterocycles. The van der Waals surface area contributed by atoms with Gasteiger partial charge < -0.3 is 29.0 Å². The number of amides is 3. The van der Waals surface area contributed by atoms with E-state index in [1.54, 1.807) is 18.2 Å². The van der Waals surface area contributed by atoms with Crippen LogP contribution in [0.5, 0.6) is 0 Å². The van der Waals surface area contributed by atoms with Gasteiger partial charge in [-0.1, -0.05) is 26.8 Å². The predicted molar refractivity (Wildman–Crippen MR) is 236 cm³/mol. The number of aryl methyl sites for hydroxylation is 1. The number of ether oxygens (including phenoxy) is 3. The first-order valence-corrected chi connectivity index (χ1v) is 23.1. The quantitative estimate of drug-likeness (QED) is 0.189. The molecule has 1 saturated carbocycles. The van der Waals surface area contributed by atoms with Gasteiger partial charge in [-0.15, -0.1) is 11.3 Å². The lowest BCUT2D eigenvalue weighted by atomic mass is 9.84. The van der Waals surface area contributed by atoms with Gasteiger partial charge in [-0.05, 0) is 82.2 Å². The maximum absolute atomic E-state index is 14.8. The zero-order valence-electron chi connectivity index (χ0n) is 37.2. The van der Waals surface area contributed by atoms with Gasteiger partial charge in [0, 0.05) is 78.9 Å². The molecule has 8 atom stereocenters. The molecule has 3 aromatic heterocycles. The van der Waals surface area contributed by atoms with E-state index in [1.165, 1.54) is 16.3 Å². The molecule has 3 aliphatic heterocycles. The van der Waals surface area contributed by atoms with Crippen LogP contribution in [-0.2, 0) is 46.4 Å². The van der Waals surface area contributed by atoms with Crippen LogP contribution in [-0.4, -0.2) is 100 Å². The fourth-order valence-electron chi connectivity index (χ4n) is 9.71. The van der Waals surface area contributed by atoms with E-state index in [9.17, 15) is 24.4 Å². The Morgan fingerprint density at radius 2 is 1.97 bits per heavy atom. The highest BCUT2D eigenvalue weighted by Crippen LogP contribution is 2.48. The summed E-state index contributed by atoms with van der Waals surface area (Å²) in [6.45, 7) is 14.1. The number of esters is 1. The average Bonchev–Trinajstić information content (AvgIpc) is 3.68. The number of nitrogens with one attached hydrogen (secondary N) is 2. The number of nitrogens with zero attached hydrogens (tertiary/aromatic N) is 6. The highest BCUT2D eigenvalue weighted by Gasteiger charge is 2.58. The second kappa shape index (κ2) is 18.1. The van der Waals surface area contributed by atoms with Crippen LogP contribution in [0.4, 0.5) is 0 Å². The summed E-state index contributed by atoms with van der Waals surface area (Å²) in [5.41, 5.74) is 9.14. The standard InChI is InChI=1S/C47H58N8O7S/c1-8-54-35-15-14-29-20-31(35)32(40(54)30-12-10-17-49-38(30)27(4)60-7)21-47(5,6)25-62-46(59)33-13-11-18-55(52-33)45(58)39(41(61-9-2)43-50-34(29)24-63-43)51-42(56)36-26(3)37(36)44(57)53-19-16-28(22-48)23-53/h10,12,14-15,17,20,24,26-28,33,36-37,39,41,52H,8-9,11,13,16,18-19,21,23,25H2,1-7H3,(H,51,56)/t26-,27+,28+,33+,36-,37-,39?,41+/m1/s1. The number of cyclic esters (lactones) is 1. The summed E-state index contributed by atoms with van der Waals surface area (Å²) >= 11 is 1.35. The Hall–Kier alpha value is -5.21. The monoisotopic (exact) mass is 878 g/mol. The van der Waals surface area contributed by atoms with Crippen LogP contribution >= 0.6 is 11.3 Å². The molecule has 15 nitrogen and oxygen atoms in total. The second-order valence-electron chi connectivity index (χ2n) is 18.1. The number of methoxy groups -OCH3 is 1. The van der Waals surface area contributed by atoms with Crippen LogP contribution in [0.15, 0.2) is 41.9 Å². The highest BCUT2D eigenvalue weighted by molar-refractivity contribution is 7.10. The SMILES string of the molecule is CCO[C@@H]1c2nc(cs2)-c2ccc3c(c2)c(c(-c2cccnc2[C@H](C)OC)n3CC)CC(C)(C)COC(=O)[C@@H]2CCCN(N2)C(=O)C1NC(=O)[C@@H]1[C@@H](C)[C@H]1C(=O)N1CC[C@@H](C#N)C1. The van der Waals surface area contributed by atoms with Gasteiger partial charge in [-0.25, -0.2) is 10.4 Å². The van der Waals surface area contributed by atoms with Gasteiger partial charge in [-0.2, -0.15) is 5.26 Å². The Morgan fingerprint density at radius 1 is 1.16 bits per heavy atom. The zero-order chi connectivity index (χ0) is 44.7. The molecule has 4 aliphatic rings. The Kier molecular flexibility index (Phi) is 12.8. The van der Waals surface area contributed by atoms with E-state index in [0.29, 0.717) is 56.0 Å². The molecule has 6 bridgehead atoms. The third-order valence-electron chi connectivity index (χ3n) is 13.2. The van der Waals surface area contributed by atoms with Crippen molar-refractivity contribution in [2.75, 3.05) is 40.0 Å². The molecular weight excluding hydrogens is 821 g/mol. The molecule has 6 heterocycles. The number of aromatic nitrogens is 3. The first-order valence-electron chi connectivity index (χ1n) is 22.2. The van der Waals surface area contributed by atoms with Gasteiger partial charge in [0.25, 0.3) is 5.91 Å². The van der Waals surface area contributed by atoms with Gasteiger partial charge in [0.15, 0.2) is 0 Å². The summed E-state index contributed by atoms with van der Waals surface area (Å²) in [7, 11) is 1.68. The third kappa shape index (κ3) is 8.60. The number of hydrogen-bond acceptors (Lipinski definition) is 12. The molecule has 8 rings (SSSR count). The van der Waals surface area contributed by atoms with Gasteiger partial charge in [0.05, 0.1) is 53.6 Å². The molecule has 16 heteroatoms. The van der Waals surface area contributed by atoms with Gasteiger partial charge in [0.1, 0.15) is 23.2 Å². The van der Waals surface area contributed by atoms with E-state index in [4.69, 9.17) is 24.2 Å². The van der Waals surface area contributed by atoms with E-state index in [0.717, 1.165) is 39.0 Å². The number of fused-ring (bicyclic) bond motifs is 6. The van der Waals surface area contributed by atoms with E-state index >= 15 is 0 Å². The first-order chi connectivity index (χ1) is 30.3. The molecule has 3 fully saturated rings. The smallest absolute Gasteiger partial charge is 0.324 e. The number of hydrogen-bond donors (Lipinski definition) is 2. The summed E-state index contributed by atoms with van der Waals surface area (Å²) < 4.78 is 20.6. The van der Waals surface area contributed by atoms with Crippen molar-refractivity contribution in [3.8, 4) is 28.6 Å². The van der Waals surface area contributed by atoms with Crippen LogP contribution in [0.25, 0.3) is 33.4 Å². The fourth-order valence-corrected chi connectivity index (χ4v) is 10.6. The van der Waals surface area contributed by atoms with Crippen molar-refractivity contribution in [3.05, 3.63) is 58.2 Å². The minimum Gasteiger partial charge on any atom is -0.464 e. The molecule has 1 aliphatic carbocycles. The van der Waals surface area contributed by atoms with Gasteiger partial charge in [-0.3, -0.25) is 29.2 Å². The molecule has 4 aromatic rings. The largest absolute Gasteiger partial charge is 0.464 e. The summed E-state index contributed by atoms with van der Waals surface area (Å²) in [5.74, 6) is -3.21. The average molecular weight is 879 g/mol. The van der Waals surface area contributed by atoms with Crippen LogP contribution < -0.4 is 10.7 Å². The molecule has 3 amide bonds. The van der Waals surface area contributed by atoms with Crippen LogP contribution in [0.3, 0.4) is 0 Å². The van der Waals surface area contributed by atoms with Gasteiger partial charge >= 0.3 is 5.97 Å². The van der Waals surface area contributed by atoms with Crippen molar-refractivity contribution >= 4 is 45.9 Å². The van der Waals surface area contributed by atoms with E-state index in [2.05, 4.69) is 66.4 Å². The number of pyridine rings is 1. The van der Waals surface area contributed by atoms with Crippen molar-refractivity contribution in [2.24, 2.45) is 29.1 Å². The van der Waals surface area contributed by atoms with Crippen molar-refractivity contribution in [1.82, 2.24) is 35.2 Å². The lowest BCUT2D eigenvalue weighted by Crippen LogP contribution is -2.61. The molecule has 1 unspecified atom stereocenters. The Bertz CT molecular complexity index is 2440. The van der Waals surface area contributed by atoms with Gasteiger partial charge in [0.2, 0.25) is 11.8 Å². The number of nitriles is 1. The number of carbonyl (C=O) groups is 4. The first kappa shape index (κ1) is 44.4. The van der Waals surface area contributed by atoms with Crippen molar-refractivity contribution in [2.45, 2.75) is 98.1 Å². The molecule has 334 valence electrons. The predicted octanol–water partition coefficient (Wildman–Crippen LogP) is 5.99. The number of likely N-dealkylation sites (tertiary alicyclic amines) is 1. The number of rotatable bonds is 9. The molecule has 1 aromatic carbocycles. The zero-order valence-corrected chi connectivity index (χ0v) is 38.0. The lowest BCUT2D eigenvalue weighted by molar-refractivity contribution is -0.156. The number of hydrazine groups is 1. The summed E-state index contributed by atoms with van der Waals surface area (Å²) in [6.07, 6.45) is 2.69. The second-order valence-corrected chi connectivity index (χ2v) is 19.0. The normalized spacial score (nSPS) is 26.5. The van der Waals surface area contributed by atoms with Crippen LogP contribution in [0, 0.1) is 40.4 Å². The molecule has 0 spiro atoms. The molecule has 0 radical (unpaired) electrons. The molecular formula is C47H58N8O7S. The Balaban J connectivity index is 1.21.